The van der Waals surface area contributed by atoms with E-state index < -0.39 is 0 Å². The molecule has 7 aromatic carbocycles. The van der Waals surface area contributed by atoms with Crippen LogP contribution in [-0.2, 0) is 0 Å². The Hall–Kier alpha value is -7.22. The second-order valence-corrected chi connectivity index (χ2v) is 14.0. The summed E-state index contributed by atoms with van der Waals surface area (Å²) in [6, 6.07) is 58.5. The lowest BCUT2D eigenvalue weighted by atomic mass is 9.98. The molecule has 10 aromatic rings. The lowest BCUT2D eigenvalue weighted by Gasteiger charge is -2.19. The largest absolute Gasteiger partial charge is 0.309 e. The van der Waals surface area contributed by atoms with Crippen molar-refractivity contribution in [1.82, 2.24) is 14.1 Å². The molecule has 0 amide bonds. The zero-order valence-corrected chi connectivity index (χ0v) is 30.0. The summed E-state index contributed by atoms with van der Waals surface area (Å²) < 4.78 is 4.61. The molecule has 254 valence electrons. The van der Waals surface area contributed by atoms with E-state index in [4.69, 9.17) is 0 Å². The van der Waals surface area contributed by atoms with Crippen LogP contribution in [0.2, 0.25) is 0 Å². The molecule has 0 spiro atoms. The molecule has 0 fully saturated rings. The van der Waals surface area contributed by atoms with Gasteiger partial charge in [-0.1, -0.05) is 115 Å². The number of hydrogen-bond donors (Lipinski definition) is 0. The SMILES string of the molecule is Cc1ccccc1-c1ccc2c3ccccc3n(-c3cc(-c4cccnc4)c(-n4c5ccccc5c5ccc(-c6ccccc6C)cc54)cc3C#N)c2c1. The fourth-order valence-corrected chi connectivity index (χ4v) is 8.38. The summed E-state index contributed by atoms with van der Waals surface area (Å²) in [5, 5.41) is 15.7. The van der Waals surface area contributed by atoms with Crippen LogP contribution in [0.4, 0.5) is 0 Å². The second-order valence-electron chi connectivity index (χ2n) is 14.0. The molecule has 0 saturated carbocycles. The van der Waals surface area contributed by atoms with Crippen molar-refractivity contribution in [1.29, 1.82) is 5.26 Å². The number of rotatable bonds is 5. The minimum Gasteiger partial charge on any atom is -0.309 e. The van der Waals surface area contributed by atoms with Gasteiger partial charge in [0.15, 0.2) is 0 Å². The first-order valence-corrected chi connectivity index (χ1v) is 18.3. The Morgan fingerprint density at radius 3 is 1.50 bits per heavy atom. The smallest absolute Gasteiger partial charge is 0.101 e. The minimum absolute atomic E-state index is 0.586. The molecule has 10 rings (SSSR count). The molecule has 3 heterocycles. The van der Waals surface area contributed by atoms with Crippen molar-refractivity contribution in [2.75, 3.05) is 0 Å². The average Bonchev–Trinajstić information content (AvgIpc) is 3.73. The zero-order chi connectivity index (χ0) is 36.3. The van der Waals surface area contributed by atoms with Crippen LogP contribution in [-0.4, -0.2) is 14.1 Å². The molecule has 0 aliphatic rings. The highest BCUT2D eigenvalue weighted by Gasteiger charge is 2.22. The van der Waals surface area contributed by atoms with Gasteiger partial charge in [-0.2, -0.15) is 5.26 Å². The van der Waals surface area contributed by atoms with Gasteiger partial charge in [0.05, 0.1) is 39.0 Å². The van der Waals surface area contributed by atoms with Crippen LogP contribution < -0.4 is 0 Å². The molecule has 0 aliphatic heterocycles. The molecule has 0 bridgehead atoms. The van der Waals surface area contributed by atoms with Gasteiger partial charge in [-0.3, -0.25) is 4.98 Å². The van der Waals surface area contributed by atoms with Crippen molar-refractivity contribution >= 4 is 43.6 Å². The van der Waals surface area contributed by atoms with Gasteiger partial charge in [-0.05, 0) is 89.7 Å². The van der Waals surface area contributed by atoms with Crippen molar-refractivity contribution in [2.45, 2.75) is 13.8 Å². The molecule has 0 atom stereocenters. The molecule has 4 nitrogen and oxygen atoms in total. The predicted octanol–water partition coefficient (Wildman–Crippen LogP) is 12.8. The first-order chi connectivity index (χ1) is 26.6. The number of pyridine rings is 1. The molecule has 0 aliphatic carbocycles. The predicted molar refractivity (Wildman–Crippen MR) is 223 cm³/mol. The second kappa shape index (κ2) is 12.5. The van der Waals surface area contributed by atoms with Crippen molar-refractivity contribution in [3.63, 3.8) is 0 Å². The van der Waals surface area contributed by atoms with Gasteiger partial charge in [0.2, 0.25) is 0 Å². The van der Waals surface area contributed by atoms with Crippen molar-refractivity contribution in [3.05, 3.63) is 187 Å². The maximum atomic E-state index is 11.1. The number of benzene rings is 7. The van der Waals surface area contributed by atoms with E-state index in [9.17, 15) is 5.26 Å². The Labute approximate surface area is 313 Å². The molecule has 4 heteroatoms. The first kappa shape index (κ1) is 31.5. The highest BCUT2D eigenvalue weighted by molar-refractivity contribution is 6.12. The van der Waals surface area contributed by atoms with Gasteiger partial charge in [-0.15, -0.1) is 0 Å². The summed E-state index contributed by atoms with van der Waals surface area (Å²) in [6.45, 7) is 4.31. The van der Waals surface area contributed by atoms with E-state index in [1.54, 1.807) is 0 Å². The van der Waals surface area contributed by atoms with Gasteiger partial charge in [0, 0.05) is 45.1 Å². The highest BCUT2D eigenvalue weighted by atomic mass is 15.0. The van der Waals surface area contributed by atoms with Crippen LogP contribution in [0.15, 0.2) is 170 Å². The normalized spacial score (nSPS) is 11.5. The molecule has 3 aromatic heterocycles. The van der Waals surface area contributed by atoms with Gasteiger partial charge in [0.25, 0.3) is 0 Å². The van der Waals surface area contributed by atoms with E-state index in [0.29, 0.717) is 5.56 Å². The summed E-state index contributed by atoms with van der Waals surface area (Å²) in [5.74, 6) is 0. The Kier molecular flexibility index (Phi) is 7.28. The van der Waals surface area contributed by atoms with E-state index in [1.807, 2.05) is 18.5 Å². The molecule has 0 saturated heterocycles. The third kappa shape index (κ3) is 4.87. The highest BCUT2D eigenvalue weighted by Crippen LogP contribution is 2.42. The molecule has 0 radical (unpaired) electrons. The molecule has 0 N–H and O–H groups in total. The summed E-state index contributed by atoms with van der Waals surface area (Å²) in [7, 11) is 0. The van der Waals surface area contributed by atoms with E-state index >= 15 is 0 Å². The summed E-state index contributed by atoms with van der Waals surface area (Å²) >= 11 is 0. The van der Waals surface area contributed by atoms with Gasteiger partial charge >= 0.3 is 0 Å². The molecular weight excluding hydrogens is 657 g/mol. The fraction of sp³-hybridized carbons (Fsp3) is 0.0400. The maximum absolute atomic E-state index is 11.1. The Balaban J connectivity index is 1.30. The number of nitrogens with zero attached hydrogens (tertiary/aromatic N) is 4. The third-order valence-electron chi connectivity index (χ3n) is 10.9. The maximum Gasteiger partial charge on any atom is 0.101 e. The summed E-state index contributed by atoms with van der Waals surface area (Å²) in [6.07, 6.45) is 3.73. The van der Waals surface area contributed by atoms with Gasteiger partial charge in [0.1, 0.15) is 6.07 Å². The lowest BCUT2D eigenvalue weighted by Crippen LogP contribution is -2.04. The number of nitriles is 1. The average molecular weight is 691 g/mol. The monoisotopic (exact) mass is 690 g/mol. The van der Waals surface area contributed by atoms with Crippen molar-refractivity contribution in [2.24, 2.45) is 0 Å². The van der Waals surface area contributed by atoms with Crippen LogP contribution in [0.5, 0.6) is 0 Å². The summed E-state index contributed by atoms with van der Waals surface area (Å²) in [5.41, 5.74) is 15.7. The number of fused-ring (bicyclic) bond motifs is 6. The van der Waals surface area contributed by atoms with Crippen LogP contribution in [0.3, 0.4) is 0 Å². The van der Waals surface area contributed by atoms with E-state index in [-0.39, 0.29) is 0 Å². The first-order valence-electron chi connectivity index (χ1n) is 18.3. The Bertz CT molecular complexity index is 3140. The van der Waals surface area contributed by atoms with Gasteiger partial charge in [-0.25, -0.2) is 0 Å². The van der Waals surface area contributed by atoms with Crippen molar-refractivity contribution in [3.8, 4) is 50.8 Å². The van der Waals surface area contributed by atoms with Crippen LogP contribution in [0, 0.1) is 25.2 Å². The fourth-order valence-electron chi connectivity index (χ4n) is 8.38. The topological polar surface area (TPSA) is 46.5 Å². The van der Waals surface area contributed by atoms with Crippen LogP contribution in [0.1, 0.15) is 16.7 Å². The number of hydrogen-bond acceptors (Lipinski definition) is 2. The third-order valence-corrected chi connectivity index (χ3v) is 10.9. The van der Waals surface area contributed by atoms with E-state index in [1.165, 1.54) is 22.3 Å². The molecular formula is C50H34N4. The van der Waals surface area contributed by atoms with Crippen LogP contribution in [0.25, 0.3) is 88.4 Å². The van der Waals surface area contributed by atoms with Gasteiger partial charge < -0.3 is 9.13 Å². The lowest BCUT2D eigenvalue weighted by molar-refractivity contribution is 1.13. The van der Waals surface area contributed by atoms with E-state index in [2.05, 4.69) is 186 Å². The number of aromatic nitrogens is 3. The standard InChI is InChI=1S/C50H34N4/c1-32-12-3-5-15-38(32)34-21-23-42-40-17-7-9-19-45(40)53(48(42)26-34)47-29-44(36-14-11-25-52-31-36)50(28-37(47)30-51)54-46-20-10-8-18-41(46)43-24-22-35(27-49(43)54)39-16-6-4-13-33(39)2/h3-29,31H,1-2H3. The molecule has 0 unspecified atom stereocenters. The Morgan fingerprint density at radius 1 is 0.444 bits per heavy atom. The minimum atomic E-state index is 0.586. The quantitative estimate of drug-likeness (QED) is 0.180. The number of para-hydroxylation sites is 2. The summed E-state index contributed by atoms with van der Waals surface area (Å²) in [4.78, 5) is 4.58. The molecule has 54 heavy (non-hydrogen) atoms. The van der Waals surface area contributed by atoms with Crippen LogP contribution >= 0.6 is 0 Å². The number of aryl methyl sites for hydroxylation is 2. The van der Waals surface area contributed by atoms with Crippen molar-refractivity contribution < 1.29 is 0 Å². The Morgan fingerprint density at radius 2 is 0.963 bits per heavy atom. The van der Waals surface area contributed by atoms with E-state index in [0.717, 1.165) is 77.2 Å². The zero-order valence-electron chi connectivity index (χ0n) is 30.0.